The molecule has 10 heavy (non-hydrogen) atoms. The average molecular weight is 150 g/mol. The summed E-state index contributed by atoms with van der Waals surface area (Å²) < 4.78 is 0. The molecule has 1 N–H and O–H groups in total. The topological polar surface area (TPSA) is 37.3 Å². The summed E-state index contributed by atoms with van der Waals surface area (Å²) in [6.07, 6.45) is 0. The van der Waals surface area contributed by atoms with Crippen LogP contribution in [-0.2, 0) is 0 Å². The number of hydrogen-bond donors (Lipinski definition) is 1. The molecule has 0 aliphatic carbocycles. The Morgan fingerprint density at radius 2 is 1.70 bits per heavy atom. The van der Waals surface area contributed by atoms with Gasteiger partial charge in [-0.3, -0.25) is 0 Å². The second-order valence-corrected chi connectivity index (χ2v) is 1.67. The fraction of sp³-hybridized carbons (Fsp3) is 0. The molecule has 0 atom stereocenters. The Hall–Kier alpha value is -1.09. The van der Waals surface area contributed by atoms with Gasteiger partial charge < -0.3 is 5.11 Å². The van der Waals surface area contributed by atoms with E-state index in [1.54, 1.807) is 30.3 Å². The van der Waals surface area contributed by atoms with Gasteiger partial charge in [-0.1, -0.05) is 18.2 Å². The van der Waals surface area contributed by atoms with Crippen molar-refractivity contribution in [3.05, 3.63) is 35.9 Å². The fourth-order valence-corrected chi connectivity index (χ4v) is 0.581. The molecule has 50 valence electrons. The van der Waals surface area contributed by atoms with Crippen LogP contribution in [0.4, 0.5) is 0 Å². The lowest BCUT2D eigenvalue weighted by Crippen LogP contribution is -1.93. The molecule has 1 aromatic rings. The molecule has 0 heterocycles. The SMILES string of the molecule is O=C(O)c1ccccc1.[Si]. The van der Waals surface area contributed by atoms with Crippen molar-refractivity contribution in [1.82, 2.24) is 0 Å². The van der Waals surface area contributed by atoms with Crippen LogP contribution in [0.15, 0.2) is 30.3 Å². The second kappa shape index (κ2) is 3.84. The normalized spacial score (nSPS) is 8.00. The zero-order valence-corrected chi connectivity index (χ0v) is 6.24. The van der Waals surface area contributed by atoms with Crippen molar-refractivity contribution in [1.29, 1.82) is 0 Å². The highest BCUT2D eigenvalue weighted by molar-refractivity contribution is 5.87. The van der Waals surface area contributed by atoms with Crippen LogP contribution in [0.5, 0.6) is 0 Å². The summed E-state index contributed by atoms with van der Waals surface area (Å²) >= 11 is 0. The number of hydrogen-bond acceptors (Lipinski definition) is 1. The third-order valence-electron chi connectivity index (χ3n) is 1.02. The van der Waals surface area contributed by atoms with E-state index in [1.807, 2.05) is 0 Å². The summed E-state index contributed by atoms with van der Waals surface area (Å²) in [4.78, 5) is 10.2. The van der Waals surface area contributed by atoms with E-state index >= 15 is 0 Å². The molecular formula is C7H6O2Si. The first kappa shape index (κ1) is 8.91. The van der Waals surface area contributed by atoms with Crippen LogP contribution in [-0.4, -0.2) is 22.0 Å². The molecule has 0 aliphatic rings. The van der Waals surface area contributed by atoms with Gasteiger partial charge in [-0.25, -0.2) is 4.79 Å². The minimum Gasteiger partial charge on any atom is -0.478 e. The van der Waals surface area contributed by atoms with Gasteiger partial charge in [0.25, 0.3) is 0 Å². The largest absolute Gasteiger partial charge is 0.478 e. The van der Waals surface area contributed by atoms with Gasteiger partial charge in [0.05, 0.1) is 5.56 Å². The van der Waals surface area contributed by atoms with Crippen molar-refractivity contribution < 1.29 is 9.90 Å². The molecule has 0 unspecified atom stereocenters. The minimum atomic E-state index is -0.879. The van der Waals surface area contributed by atoms with E-state index in [9.17, 15) is 4.79 Å². The van der Waals surface area contributed by atoms with Crippen molar-refractivity contribution in [3.8, 4) is 0 Å². The summed E-state index contributed by atoms with van der Waals surface area (Å²) in [5.74, 6) is -0.879. The average Bonchev–Trinajstić information content (AvgIpc) is 1.90. The quantitative estimate of drug-likeness (QED) is 0.606. The first-order chi connectivity index (χ1) is 4.30. The van der Waals surface area contributed by atoms with Gasteiger partial charge in [-0.05, 0) is 12.1 Å². The molecule has 0 spiro atoms. The lowest BCUT2D eigenvalue weighted by atomic mass is 10.2. The highest BCUT2D eigenvalue weighted by Crippen LogP contribution is 1.96. The Morgan fingerprint density at radius 1 is 1.20 bits per heavy atom. The van der Waals surface area contributed by atoms with Gasteiger partial charge in [0, 0.05) is 11.0 Å². The maximum absolute atomic E-state index is 10.2. The van der Waals surface area contributed by atoms with Crippen LogP contribution in [0.3, 0.4) is 0 Å². The monoisotopic (exact) mass is 150 g/mol. The number of carbonyl (C=O) groups is 1. The van der Waals surface area contributed by atoms with Gasteiger partial charge in [0.15, 0.2) is 0 Å². The van der Waals surface area contributed by atoms with Crippen LogP contribution in [0.1, 0.15) is 10.4 Å². The van der Waals surface area contributed by atoms with E-state index in [2.05, 4.69) is 0 Å². The summed E-state index contributed by atoms with van der Waals surface area (Å²) in [6, 6.07) is 8.30. The van der Waals surface area contributed by atoms with Crippen molar-refractivity contribution in [2.45, 2.75) is 0 Å². The second-order valence-electron chi connectivity index (χ2n) is 1.67. The fourth-order valence-electron chi connectivity index (χ4n) is 0.581. The summed E-state index contributed by atoms with van der Waals surface area (Å²) in [6.45, 7) is 0. The predicted octanol–water partition coefficient (Wildman–Crippen LogP) is 1.00. The Kier molecular flexibility index (Phi) is 3.42. The first-order valence-electron chi connectivity index (χ1n) is 2.59. The van der Waals surface area contributed by atoms with Gasteiger partial charge in [-0.15, -0.1) is 0 Å². The van der Waals surface area contributed by atoms with E-state index in [1.165, 1.54) is 0 Å². The number of carboxylic acids is 1. The molecule has 0 saturated carbocycles. The molecule has 1 rings (SSSR count). The van der Waals surface area contributed by atoms with Crippen molar-refractivity contribution in [3.63, 3.8) is 0 Å². The maximum atomic E-state index is 10.2. The number of aromatic carboxylic acids is 1. The standard InChI is InChI=1S/C7H6O2.Si/c8-7(9)6-4-2-1-3-5-6;/h1-5H,(H,8,9);. The number of carboxylic acid groups (broad SMARTS) is 1. The zero-order chi connectivity index (χ0) is 6.69. The predicted molar refractivity (Wildman–Crippen MR) is 39.2 cm³/mol. The summed E-state index contributed by atoms with van der Waals surface area (Å²) in [5, 5.41) is 8.38. The van der Waals surface area contributed by atoms with Crippen LogP contribution in [0.2, 0.25) is 0 Å². The number of rotatable bonds is 1. The Labute approximate surface area is 63.5 Å². The van der Waals surface area contributed by atoms with Crippen molar-refractivity contribution in [2.24, 2.45) is 0 Å². The van der Waals surface area contributed by atoms with Crippen molar-refractivity contribution in [2.75, 3.05) is 0 Å². The molecule has 1 aromatic carbocycles. The molecule has 0 amide bonds. The Morgan fingerprint density at radius 3 is 2.00 bits per heavy atom. The van der Waals surface area contributed by atoms with E-state index in [0.717, 1.165) is 0 Å². The van der Waals surface area contributed by atoms with Crippen LogP contribution in [0, 0.1) is 0 Å². The van der Waals surface area contributed by atoms with Gasteiger partial charge >= 0.3 is 5.97 Å². The highest BCUT2D eigenvalue weighted by atomic mass is 28.1. The molecule has 0 aromatic heterocycles. The summed E-state index contributed by atoms with van der Waals surface area (Å²) in [5.41, 5.74) is 0.331. The van der Waals surface area contributed by atoms with E-state index in [4.69, 9.17) is 5.11 Å². The lowest BCUT2D eigenvalue weighted by Gasteiger charge is -1.88. The van der Waals surface area contributed by atoms with Crippen LogP contribution < -0.4 is 0 Å². The smallest absolute Gasteiger partial charge is 0.335 e. The van der Waals surface area contributed by atoms with Gasteiger partial charge in [0.2, 0.25) is 0 Å². The maximum Gasteiger partial charge on any atom is 0.335 e. The van der Waals surface area contributed by atoms with E-state index < -0.39 is 5.97 Å². The third-order valence-corrected chi connectivity index (χ3v) is 1.02. The molecule has 4 radical (unpaired) electrons. The first-order valence-corrected chi connectivity index (χ1v) is 2.59. The van der Waals surface area contributed by atoms with E-state index in [-0.39, 0.29) is 11.0 Å². The Bertz CT molecular complexity index is 208. The Balaban J connectivity index is 0.000000810. The molecular weight excluding hydrogens is 144 g/mol. The third kappa shape index (κ3) is 2.03. The van der Waals surface area contributed by atoms with Crippen LogP contribution >= 0.6 is 0 Å². The molecule has 3 heteroatoms. The van der Waals surface area contributed by atoms with Crippen molar-refractivity contribution >= 4 is 16.9 Å². The summed E-state index contributed by atoms with van der Waals surface area (Å²) in [7, 11) is 0. The van der Waals surface area contributed by atoms with Gasteiger partial charge in [0.1, 0.15) is 0 Å². The molecule has 0 bridgehead atoms. The zero-order valence-electron chi connectivity index (χ0n) is 5.24. The molecule has 2 nitrogen and oxygen atoms in total. The molecule has 0 aliphatic heterocycles. The lowest BCUT2D eigenvalue weighted by molar-refractivity contribution is 0.0697. The van der Waals surface area contributed by atoms with Gasteiger partial charge in [-0.2, -0.15) is 0 Å². The molecule has 0 saturated heterocycles. The number of benzene rings is 1. The van der Waals surface area contributed by atoms with E-state index in [0.29, 0.717) is 5.56 Å². The minimum absolute atomic E-state index is 0. The van der Waals surface area contributed by atoms with Crippen LogP contribution in [0.25, 0.3) is 0 Å². The highest BCUT2D eigenvalue weighted by Gasteiger charge is 1.96. The molecule has 0 fully saturated rings.